The number of carbonyl (C=O) groups is 1. The number of hydrogen-bond acceptors (Lipinski definition) is 6. The molecule has 34 heavy (non-hydrogen) atoms. The topological polar surface area (TPSA) is 105 Å². The lowest BCUT2D eigenvalue weighted by atomic mass is 10.1. The first kappa shape index (κ1) is 22.9. The van der Waals surface area contributed by atoms with Gasteiger partial charge >= 0.3 is 0 Å². The number of halogens is 1. The zero-order valence-corrected chi connectivity index (χ0v) is 19.3. The number of amides is 1. The lowest BCUT2D eigenvalue weighted by molar-refractivity contribution is 0.0951. The van der Waals surface area contributed by atoms with Crippen LogP contribution in [0.1, 0.15) is 28.5 Å². The number of nitrogen functional groups attached to an aromatic ring is 1. The van der Waals surface area contributed by atoms with Crippen molar-refractivity contribution in [2.75, 3.05) is 11.2 Å². The van der Waals surface area contributed by atoms with Crippen molar-refractivity contribution in [1.29, 1.82) is 0 Å². The molecule has 0 aliphatic carbocycles. The van der Waals surface area contributed by atoms with Gasteiger partial charge in [0.25, 0.3) is 5.91 Å². The molecule has 1 amide bonds. The first-order valence-electron chi connectivity index (χ1n) is 10.6. The number of nitrogens with one attached hydrogen (secondary N) is 2. The van der Waals surface area contributed by atoms with E-state index in [1.54, 1.807) is 37.4 Å². The molecule has 7 nitrogen and oxygen atoms in total. The fourth-order valence-electron chi connectivity index (χ4n) is 3.23. The van der Waals surface area contributed by atoms with Gasteiger partial charge in [-0.25, -0.2) is 9.97 Å². The molecule has 0 aliphatic rings. The summed E-state index contributed by atoms with van der Waals surface area (Å²) in [6.07, 6.45) is 1.58. The van der Waals surface area contributed by atoms with Crippen molar-refractivity contribution in [1.82, 2.24) is 15.3 Å². The molecule has 0 saturated heterocycles. The van der Waals surface area contributed by atoms with Crippen molar-refractivity contribution in [2.24, 2.45) is 5.10 Å². The minimum atomic E-state index is -0.167. The van der Waals surface area contributed by atoms with Crippen LogP contribution in [-0.2, 0) is 6.54 Å². The Kier molecular flexibility index (Phi) is 7.15. The molecule has 0 bridgehead atoms. The fourth-order valence-corrected chi connectivity index (χ4v) is 3.36. The molecule has 1 heterocycles. The zero-order valence-electron chi connectivity index (χ0n) is 18.5. The summed E-state index contributed by atoms with van der Waals surface area (Å²) in [6, 6.07) is 24.2. The first-order chi connectivity index (χ1) is 16.5. The van der Waals surface area contributed by atoms with Crippen LogP contribution in [0.3, 0.4) is 0 Å². The van der Waals surface area contributed by atoms with Gasteiger partial charge in [0.2, 0.25) is 0 Å². The van der Waals surface area contributed by atoms with Gasteiger partial charge < -0.3 is 11.1 Å². The van der Waals surface area contributed by atoms with Crippen LogP contribution >= 0.6 is 11.6 Å². The highest BCUT2D eigenvalue weighted by molar-refractivity contribution is 6.30. The summed E-state index contributed by atoms with van der Waals surface area (Å²) in [7, 11) is 0. The molecule has 0 atom stereocenters. The van der Waals surface area contributed by atoms with E-state index in [4.69, 9.17) is 17.3 Å². The highest BCUT2D eigenvalue weighted by Crippen LogP contribution is 2.21. The Morgan fingerprint density at radius 2 is 1.79 bits per heavy atom. The van der Waals surface area contributed by atoms with E-state index in [2.05, 4.69) is 25.8 Å². The third-order valence-corrected chi connectivity index (χ3v) is 5.31. The third kappa shape index (κ3) is 5.76. The van der Waals surface area contributed by atoms with Gasteiger partial charge in [0.05, 0.1) is 23.3 Å². The number of hydrogen-bond donors (Lipinski definition) is 3. The van der Waals surface area contributed by atoms with E-state index in [1.807, 2.05) is 54.6 Å². The van der Waals surface area contributed by atoms with Crippen molar-refractivity contribution >= 4 is 34.7 Å². The molecule has 8 heteroatoms. The number of nitrogens with zero attached hydrogens (tertiary/aromatic N) is 3. The lowest BCUT2D eigenvalue weighted by Gasteiger charge is -2.09. The normalized spacial score (nSPS) is 11.2. The molecule has 4 rings (SSSR count). The molecule has 0 unspecified atom stereocenters. The van der Waals surface area contributed by atoms with Gasteiger partial charge in [-0.05, 0) is 48.9 Å². The Labute approximate surface area is 202 Å². The van der Waals surface area contributed by atoms with E-state index in [-0.39, 0.29) is 11.7 Å². The quantitative estimate of drug-likeness (QED) is 0.256. The average molecular weight is 471 g/mol. The molecule has 3 aromatic carbocycles. The average Bonchev–Trinajstić information content (AvgIpc) is 2.87. The number of rotatable bonds is 7. The largest absolute Gasteiger partial charge is 0.382 e. The maximum absolute atomic E-state index is 12.7. The minimum Gasteiger partial charge on any atom is -0.382 e. The van der Waals surface area contributed by atoms with E-state index in [9.17, 15) is 4.79 Å². The predicted octanol–water partition coefficient (Wildman–Crippen LogP) is 5.15. The Balaban J connectivity index is 1.52. The minimum absolute atomic E-state index is 0.167. The second kappa shape index (κ2) is 10.6. The standard InChI is InChI=1S/C26H23ClN6O/c1-17(32-33-22-12-10-21(27)11-13-22)24-25(28)29-16-23(31-24)19-8-5-9-20(14-19)26(34)30-15-18-6-3-2-4-7-18/h2-14,16,33H,15H2,1H3,(H2,28,29)(H,30,34)/b32-17+. The highest BCUT2D eigenvalue weighted by atomic mass is 35.5. The summed E-state index contributed by atoms with van der Waals surface area (Å²) < 4.78 is 0. The van der Waals surface area contributed by atoms with Crippen molar-refractivity contribution in [3.05, 3.63) is 107 Å². The lowest BCUT2D eigenvalue weighted by Crippen LogP contribution is -2.22. The molecule has 170 valence electrons. The Morgan fingerprint density at radius 3 is 2.56 bits per heavy atom. The first-order valence-corrected chi connectivity index (χ1v) is 11.0. The van der Waals surface area contributed by atoms with Gasteiger partial charge in [0, 0.05) is 22.7 Å². The maximum atomic E-state index is 12.7. The van der Waals surface area contributed by atoms with Crippen molar-refractivity contribution in [2.45, 2.75) is 13.5 Å². The Hall–Kier alpha value is -4.23. The van der Waals surface area contributed by atoms with E-state index < -0.39 is 0 Å². The molecule has 4 N–H and O–H groups in total. The summed E-state index contributed by atoms with van der Waals surface area (Å²) in [5.74, 6) is 0.0962. The molecular formula is C26H23ClN6O. The van der Waals surface area contributed by atoms with Gasteiger partial charge in [-0.3, -0.25) is 10.2 Å². The molecule has 0 spiro atoms. The predicted molar refractivity (Wildman–Crippen MR) is 137 cm³/mol. The number of hydrazone groups is 1. The monoisotopic (exact) mass is 470 g/mol. The number of nitrogens with two attached hydrogens (primary N) is 1. The highest BCUT2D eigenvalue weighted by Gasteiger charge is 2.12. The smallest absolute Gasteiger partial charge is 0.251 e. The summed E-state index contributed by atoms with van der Waals surface area (Å²) in [5.41, 5.74) is 13.7. The Morgan fingerprint density at radius 1 is 1.03 bits per heavy atom. The number of aromatic nitrogens is 2. The van der Waals surface area contributed by atoms with E-state index >= 15 is 0 Å². The van der Waals surface area contributed by atoms with Crippen LogP contribution in [0.4, 0.5) is 11.5 Å². The van der Waals surface area contributed by atoms with Crippen LogP contribution in [0.25, 0.3) is 11.3 Å². The van der Waals surface area contributed by atoms with Crippen LogP contribution in [0.15, 0.2) is 90.2 Å². The molecule has 0 fully saturated rings. The van der Waals surface area contributed by atoms with Crippen LogP contribution < -0.4 is 16.5 Å². The van der Waals surface area contributed by atoms with Crippen LogP contribution in [0, 0.1) is 0 Å². The molecule has 0 saturated carbocycles. The summed E-state index contributed by atoms with van der Waals surface area (Å²) >= 11 is 5.92. The van der Waals surface area contributed by atoms with Gasteiger partial charge in [-0.1, -0.05) is 54.1 Å². The van der Waals surface area contributed by atoms with Crippen molar-refractivity contribution < 1.29 is 4.79 Å². The van der Waals surface area contributed by atoms with E-state index in [0.717, 1.165) is 16.8 Å². The SMILES string of the molecule is C/C(=N\Nc1ccc(Cl)cc1)c1nc(-c2cccc(C(=O)NCc3ccccc3)c2)cnc1N. The number of carbonyl (C=O) groups excluding carboxylic acids is 1. The van der Waals surface area contributed by atoms with Crippen molar-refractivity contribution in [3.8, 4) is 11.3 Å². The molecule has 0 radical (unpaired) electrons. The summed E-state index contributed by atoms with van der Waals surface area (Å²) in [6.45, 7) is 2.24. The number of benzene rings is 3. The summed E-state index contributed by atoms with van der Waals surface area (Å²) in [5, 5.41) is 7.95. The summed E-state index contributed by atoms with van der Waals surface area (Å²) in [4.78, 5) is 21.6. The van der Waals surface area contributed by atoms with Crippen LogP contribution in [0.2, 0.25) is 5.02 Å². The zero-order chi connectivity index (χ0) is 23.9. The second-order valence-electron chi connectivity index (χ2n) is 7.55. The molecule has 4 aromatic rings. The molecular weight excluding hydrogens is 448 g/mol. The van der Waals surface area contributed by atoms with Crippen LogP contribution in [0.5, 0.6) is 0 Å². The third-order valence-electron chi connectivity index (χ3n) is 5.06. The Bertz CT molecular complexity index is 1320. The van der Waals surface area contributed by atoms with Gasteiger partial charge in [-0.15, -0.1) is 0 Å². The molecule has 0 aliphatic heterocycles. The van der Waals surface area contributed by atoms with Gasteiger partial charge in [0.15, 0.2) is 5.82 Å². The van der Waals surface area contributed by atoms with Gasteiger partial charge in [0.1, 0.15) is 5.69 Å². The molecule has 1 aromatic heterocycles. The maximum Gasteiger partial charge on any atom is 0.251 e. The van der Waals surface area contributed by atoms with E-state index in [0.29, 0.717) is 34.2 Å². The fraction of sp³-hybridized carbons (Fsp3) is 0.0769. The van der Waals surface area contributed by atoms with Crippen molar-refractivity contribution in [3.63, 3.8) is 0 Å². The number of anilines is 2. The van der Waals surface area contributed by atoms with Gasteiger partial charge in [-0.2, -0.15) is 5.10 Å². The van der Waals surface area contributed by atoms with Crippen LogP contribution in [-0.4, -0.2) is 21.6 Å². The van der Waals surface area contributed by atoms with E-state index in [1.165, 1.54) is 0 Å². The second-order valence-corrected chi connectivity index (χ2v) is 7.99.